The summed E-state index contributed by atoms with van der Waals surface area (Å²) in [6.45, 7) is 2.26. The van der Waals surface area contributed by atoms with Crippen molar-refractivity contribution in [3.05, 3.63) is 68.6 Å². The fourth-order valence-electron chi connectivity index (χ4n) is 2.80. The maximum atomic E-state index is 12.3. The lowest BCUT2D eigenvalue weighted by Gasteiger charge is -2.08. The van der Waals surface area contributed by atoms with Crippen LogP contribution in [0, 0.1) is 0 Å². The quantitative estimate of drug-likeness (QED) is 0.359. The number of carbonyl (C=O) groups excluding carboxylic acids is 1. The summed E-state index contributed by atoms with van der Waals surface area (Å²) in [6.07, 6.45) is 1.72. The van der Waals surface area contributed by atoms with Gasteiger partial charge in [-0.3, -0.25) is 4.79 Å². The lowest BCUT2D eigenvalue weighted by Crippen LogP contribution is -2.19. The van der Waals surface area contributed by atoms with E-state index in [1.54, 1.807) is 12.1 Å². The Kier molecular flexibility index (Phi) is 6.70. The third-order valence-electron chi connectivity index (χ3n) is 4.07. The number of halogens is 2. The highest BCUT2D eigenvalue weighted by Gasteiger charge is 2.10. The summed E-state index contributed by atoms with van der Waals surface area (Å²) in [7, 11) is 0. The molecular formula is C21H18Br2N2O3. The van der Waals surface area contributed by atoms with E-state index in [2.05, 4.69) is 42.4 Å². The van der Waals surface area contributed by atoms with Gasteiger partial charge < -0.3 is 9.84 Å². The first kappa shape index (κ1) is 20.4. The predicted molar refractivity (Wildman–Crippen MR) is 118 cm³/mol. The van der Waals surface area contributed by atoms with E-state index < -0.39 is 0 Å². The molecule has 5 nitrogen and oxygen atoms in total. The SMILES string of the molecule is CCOc1cc(/C=N/NC(=O)Cc2ccc(Br)c3ccccc23)cc(Br)c1O. The number of phenols is 1. The number of amides is 1. The van der Waals surface area contributed by atoms with Crippen LogP contribution in [-0.4, -0.2) is 23.8 Å². The van der Waals surface area contributed by atoms with Gasteiger partial charge in [0.05, 0.1) is 23.7 Å². The van der Waals surface area contributed by atoms with Crippen molar-refractivity contribution in [2.45, 2.75) is 13.3 Å². The first-order valence-electron chi connectivity index (χ1n) is 8.63. The number of aromatic hydroxyl groups is 1. The van der Waals surface area contributed by atoms with Crippen molar-refractivity contribution in [3.63, 3.8) is 0 Å². The van der Waals surface area contributed by atoms with Gasteiger partial charge in [0.2, 0.25) is 5.91 Å². The molecule has 0 unspecified atom stereocenters. The molecular weight excluding hydrogens is 488 g/mol. The number of hydrogen-bond acceptors (Lipinski definition) is 4. The monoisotopic (exact) mass is 504 g/mol. The van der Waals surface area contributed by atoms with Crippen LogP contribution in [0.15, 0.2) is 62.6 Å². The molecule has 144 valence electrons. The van der Waals surface area contributed by atoms with E-state index in [0.29, 0.717) is 22.4 Å². The molecule has 1 amide bonds. The van der Waals surface area contributed by atoms with Gasteiger partial charge in [-0.15, -0.1) is 0 Å². The number of ether oxygens (including phenoxy) is 1. The smallest absolute Gasteiger partial charge is 0.244 e. The zero-order valence-electron chi connectivity index (χ0n) is 15.1. The maximum absolute atomic E-state index is 12.3. The number of nitrogens with one attached hydrogen (secondary N) is 1. The van der Waals surface area contributed by atoms with Gasteiger partial charge in [0, 0.05) is 4.47 Å². The predicted octanol–water partition coefficient (Wildman–Crippen LogP) is 5.16. The molecule has 0 aliphatic carbocycles. The summed E-state index contributed by atoms with van der Waals surface area (Å²) < 4.78 is 6.87. The van der Waals surface area contributed by atoms with Gasteiger partial charge in [0.25, 0.3) is 0 Å². The van der Waals surface area contributed by atoms with E-state index >= 15 is 0 Å². The highest BCUT2D eigenvalue weighted by atomic mass is 79.9. The van der Waals surface area contributed by atoms with E-state index in [-0.39, 0.29) is 18.1 Å². The standard InChI is InChI=1S/C21H18Br2N2O3/c1-2-28-19-10-13(9-18(23)21(19)27)12-24-25-20(26)11-14-7-8-17(22)16-6-4-3-5-15(14)16/h3-10,12,27H,2,11H2,1H3,(H,25,26)/b24-12+. The zero-order chi connectivity index (χ0) is 20.1. The molecule has 0 aromatic heterocycles. The summed E-state index contributed by atoms with van der Waals surface area (Å²) in [4.78, 5) is 12.3. The summed E-state index contributed by atoms with van der Waals surface area (Å²) in [6, 6.07) is 15.1. The lowest BCUT2D eigenvalue weighted by molar-refractivity contribution is -0.120. The third kappa shape index (κ3) is 4.72. The van der Waals surface area contributed by atoms with Crippen LogP contribution < -0.4 is 10.2 Å². The van der Waals surface area contributed by atoms with E-state index in [0.717, 1.165) is 20.8 Å². The molecule has 7 heteroatoms. The molecule has 0 radical (unpaired) electrons. The second-order valence-corrected chi connectivity index (χ2v) is 7.71. The van der Waals surface area contributed by atoms with Gasteiger partial charge in [-0.2, -0.15) is 5.10 Å². The number of rotatable bonds is 6. The zero-order valence-corrected chi connectivity index (χ0v) is 18.2. The van der Waals surface area contributed by atoms with Crippen molar-refractivity contribution in [3.8, 4) is 11.5 Å². The van der Waals surface area contributed by atoms with Gasteiger partial charge in [-0.25, -0.2) is 5.43 Å². The highest BCUT2D eigenvalue weighted by Crippen LogP contribution is 2.35. The molecule has 2 N–H and O–H groups in total. The van der Waals surface area contributed by atoms with Crippen LogP contribution in [0.2, 0.25) is 0 Å². The molecule has 3 aromatic carbocycles. The summed E-state index contributed by atoms with van der Waals surface area (Å²) in [5, 5.41) is 16.1. The molecule has 0 saturated carbocycles. The van der Waals surface area contributed by atoms with Crippen molar-refractivity contribution < 1.29 is 14.6 Å². The number of fused-ring (bicyclic) bond motifs is 1. The Hall–Kier alpha value is -2.38. The van der Waals surface area contributed by atoms with Crippen molar-refractivity contribution in [2.75, 3.05) is 6.61 Å². The molecule has 0 aliphatic heterocycles. The van der Waals surface area contributed by atoms with Crippen LogP contribution in [-0.2, 0) is 11.2 Å². The molecule has 0 heterocycles. The van der Waals surface area contributed by atoms with Crippen molar-refractivity contribution >= 4 is 54.8 Å². The average molecular weight is 506 g/mol. The Morgan fingerprint density at radius 3 is 2.64 bits per heavy atom. The average Bonchev–Trinajstić information content (AvgIpc) is 2.68. The lowest BCUT2D eigenvalue weighted by atomic mass is 10.0. The summed E-state index contributed by atoms with van der Waals surface area (Å²) >= 11 is 6.81. The van der Waals surface area contributed by atoms with Gasteiger partial charge >= 0.3 is 0 Å². The third-order valence-corrected chi connectivity index (χ3v) is 5.36. The van der Waals surface area contributed by atoms with Crippen LogP contribution in [0.25, 0.3) is 10.8 Å². The Balaban J connectivity index is 1.71. The van der Waals surface area contributed by atoms with E-state index in [1.807, 2.05) is 43.3 Å². The normalized spacial score (nSPS) is 11.1. The number of nitrogens with zero attached hydrogens (tertiary/aromatic N) is 1. The van der Waals surface area contributed by atoms with Crippen LogP contribution in [0.3, 0.4) is 0 Å². The van der Waals surface area contributed by atoms with Crippen LogP contribution in [0.4, 0.5) is 0 Å². The van der Waals surface area contributed by atoms with Crippen molar-refractivity contribution in [2.24, 2.45) is 5.10 Å². The first-order chi connectivity index (χ1) is 13.5. The summed E-state index contributed by atoms with van der Waals surface area (Å²) in [5.74, 6) is 0.169. The minimum atomic E-state index is -0.216. The van der Waals surface area contributed by atoms with E-state index in [9.17, 15) is 9.90 Å². The number of hydrazone groups is 1. The van der Waals surface area contributed by atoms with Gasteiger partial charge in [0.15, 0.2) is 11.5 Å². The molecule has 28 heavy (non-hydrogen) atoms. The highest BCUT2D eigenvalue weighted by molar-refractivity contribution is 9.11. The molecule has 3 aromatic rings. The van der Waals surface area contributed by atoms with Gasteiger partial charge in [-0.05, 0) is 63.0 Å². The second kappa shape index (κ2) is 9.21. The van der Waals surface area contributed by atoms with Crippen molar-refractivity contribution in [1.82, 2.24) is 5.43 Å². The van der Waals surface area contributed by atoms with Crippen LogP contribution >= 0.6 is 31.9 Å². The minimum Gasteiger partial charge on any atom is -0.503 e. The molecule has 3 rings (SSSR count). The first-order valence-corrected chi connectivity index (χ1v) is 10.2. The number of phenolic OH excluding ortho intramolecular Hbond substituents is 1. The second-order valence-electron chi connectivity index (χ2n) is 6.00. The minimum absolute atomic E-state index is 0.0325. The Labute approximate surface area is 179 Å². The Bertz CT molecular complexity index is 1050. The Morgan fingerprint density at radius 1 is 1.14 bits per heavy atom. The largest absolute Gasteiger partial charge is 0.503 e. The fourth-order valence-corrected chi connectivity index (χ4v) is 3.74. The van der Waals surface area contributed by atoms with E-state index in [1.165, 1.54) is 6.21 Å². The van der Waals surface area contributed by atoms with Crippen LogP contribution in [0.5, 0.6) is 11.5 Å². The molecule has 0 saturated heterocycles. The molecule has 0 aliphatic rings. The van der Waals surface area contributed by atoms with Gasteiger partial charge in [0.1, 0.15) is 0 Å². The Morgan fingerprint density at radius 2 is 1.89 bits per heavy atom. The van der Waals surface area contributed by atoms with Gasteiger partial charge in [-0.1, -0.05) is 46.3 Å². The summed E-state index contributed by atoms with van der Waals surface area (Å²) in [5.41, 5.74) is 4.16. The number of benzene rings is 3. The van der Waals surface area contributed by atoms with Crippen LogP contribution in [0.1, 0.15) is 18.1 Å². The topological polar surface area (TPSA) is 70.9 Å². The van der Waals surface area contributed by atoms with Crippen molar-refractivity contribution in [1.29, 1.82) is 0 Å². The molecule has 0 atom stereocenters. The molecule has 0 bridgehead atoms. The molecule has 0 fully saturated rings. The van der Waals surface area contributed by atoms with E-state index in [4.69, 9.17) is 4.74 Å². The fraction of sp³-hybridized carbons (Fsp3) is 0.143. The number of hydrogen-bond donors (Lipinski definition) is 2. The molecule has 0 spiro atoms. The number of carbonyl (C=O) groups is 1. The maximum Gasteiger partial charge on any atom is 0.244 e.